The number of halogens is 1. The van der Waals surface area contributed by atoms with Crippen molar-refractivity contribution in [2.45, 2.75) is 37.5 Å². The Labute approximate surface area is 182 Å². The van der Waals surface area contributed by atoms with Gasteiger partial charge in [0.1, 0.15) is 5.75 Å². The van der Waals surface area contributed by atoms with Crippen LogP contribution in [0, 0.1) is 5.92 Å². The molecule has 3 rings (SSSR count). The molecule has 0 bridgehead atoms. The second-order valence-corrected chi connectivity index (χ2v) is 9.74. The van der Waals surface area contributed by atoms with Crippen LogP contribution >= 0.6 is 11.6 Å². The molecular formula is C20H27ClN2O6S. The lowest BCUT2D eigenvalue weighted by Crippen LogP contribution is -2.42. The van der Waals surface area contributed by atoms with Crippen LogP contribution in [0.5, 0.6) is 5.75 Å². The molecule has 30 heavy (non-hydrogen) atoms. The molecule has 2 aliphatic rings. The van der Waals surface area contributed by atoms with Gasteiger partial charge in [0.2, 0.25) is 10.0 Å². The van der Waals surface area contributed by atoms with Crippen LogP contribution in [-0.2, 0) is 24.3 Å². The van der Waals surface area contributed by atoms with Crippen LogP contribution in [0.2, 0.25) is 5.02 Å². The monoisotopic (exact) mass is 458 g/mol. The number of sulfonamides is 1. The molecule has 8 nitrogen and oxygen atoms in total. The zero-order chi connectivity index (χ0) is 21.7. The number of hydrogen-bond acceptors (Lipinski definition) is 6. The highest BCUT2D eigenvalue weighted by Gasteiger charge is 2.29. The second kappa shape index (κ2) is 9.98. The van der Waals surface area contributed by atoms with Crippen LogP contribution in [0.15, 0.2) is 23.1 Å². The average molecular weight is 459 g/mol. The van der Waals surface area contributed by atoms with E-state index < -0.39 is 10.0 Å². The zero-order valence-corrected chi connectivity index (χ0v) is 18.6. The van der Waals surface area contributed by atoms with Gasteiger partial charge in [0.15, 0.2) is 6.61 Å². The van der Waals surface area contributed by atoms with Crippen LogP contribution in [0.25, 0.3) is 0 Å². The number of ether oxygens (including phenoxy) is 2. The number of carbonyl (C=O) groups is 2. The van der Waals surface area contributed by atoms with Gasteiger partial charge in [0, 0.05) is 26.2 Å². The highest BCUT2D eigenvalue weighted by Crippen LogP contribution is 2.30. The van der Waals surface area contributed by atoms with Crippen LogP contribution in [-0.4, -0.2) is 68.9 Å². The molecule has 0 unspecified atom stereocenters. The van der Waals surface area contributed by atoms with Gasteiger partial charge in [-0.15, -0.1) is 0 Å². The molecule has 166 valence electrons. The lowest BCUT2D eigenvalue weighted by atomic mass is 9.97. The summed E-state index contributed by atoms with van der Waals surface area (Å²) in [5.41, 5.74) is 0. The topological polar surface area (TPSA) is 93.2 Å². The van der Waals surface area contributed by atoms with Gasteiger partial charge in [-0.2, -0.15) is 4.31 Å². The maximum atomic E-state index is 12.6. The molecule has 2 heterocycles. The molecule has 0 aliphatic carbocycles. The van der Waals surface area contributed by atoms with Gasteiger partial charge in [-0.3, -0.25) is 9.59 Å². The Kier molecular flexibility index (Phi) is 7.60. The molecule has 0 saturated carbocycles. The van der Waals surface area contributed by atoms with Gasteiger partial charge in [0.05, 0.1) is 22.4 Å². The van der Waals surface area contributed by atoms with E-state index in [-0.39, 0.29) is 40.1 Å². The predicted molar refractivity (Wildman–Crippen MR) is 111 cm³/mol. The lowest BCUT2D eigenvalue weighted by molar-refractivity contribution is -0.151. The number of carbonyl (C=O) groups excluding carboxylic acids is 2. The third-order valence-corrected chi connectivity index (χ3v) is 7.61. The standard InChI is InChI=1S/C20H27ClN2O6S/c1-2-28-20(25)15-7-11-22(12-8-15)19(24)14-29-18-6-5-16(13-17(18)21)30(26,27)23-9-3-4-10-23/h5-6,13,15H,2-4,7-12,14H2,1H3. The van der Waals surface area contributed by atoms with Crippen molar-refractivity contribution in [1.82, 2.24) is 9.21 Å². The number of benzene rings is 1. The Morgan fingerprint density at radius 3 is 2.40 bits per heavy atom. The van der Waals surface area contributed by atoms with Crippen molar-refractivity contribution in [3.63, 3.8) is 0 Å². The average Bonchev–Trinajstić information content (AvgIpc) is 3.29. The fourth-order valence-corrected chi connectivity index (χ4v) is 5.54. The number of piperidine rings is 1. The summed E-state index contributed by atoms with van der Waals surface area (Å²) in [4.78, 5) is 26.0. The Balaban J connectivity index is 1.53. The summed E-state index contributed by atoms with van der Waals surface area (Å²) >= 11 is 6.21. The summed E-state index contributed by atoms with van der Waals surface area (Å²) in [5.74, 6) is -0.333. The van der Waals surface area contributed by atoms with Gasteiger partial charge in [0.25, 0.3) is 5.91 Å². The highest BCUT2D eigenvalue weighted by molar-refractivity contribution is 7.89. The van der Waals surface area contributed by atoms with Crippen LogP contribution in [0.1, 0.15) is 32.6 Å². The first-order valence-corrected chi connectivity index (χ1v) is 12.0. The minimum atomic E-state index is -3.56. The summed E-state index contributed by atoms with van der Waals surface area (Å²) in [7, 11) is -3.56. The second-order valence-electron chi connectivity index (χ2n) is 7.40. The molecule has 2 fully saturated rings. The number of nitrogens with zero attached hydrogens (tertiary/aromatic N) is 2. The summed E-state index contributed by atoms with van der Waals surface area (Å²) in [6.07, 6.45) is 2.84. The van der Waals surface area contributed by atoms with Crippen molar-refractivity contribution in [2.75, 3.05) is 39.4 Å². The van der Waals surface area contributed by atoms with Crippen molar-refractivity contribution in [2.24, 2.45) is 5.92 Å². The number of amides is 1. The molecule has 1 amide bonds. The van der Waals surface area contributed by atoms with Crippen LogP contribution in [0.3, 0.4) is 0 Å². The predicted octanol–water partition coefficient (Wildman–Crippen LogP) is 2.31. The fraction of sp³-hybridized carbons (Fsp3) is 0.600. The fourth-order valence-electron chi connectivity index (χ4n) is 3.69. The molecule has 0 N–H and O–H groups in total. The van der Waals surface area contributed by atoms with Gasteiger partial charge in [-0.25, -0.2) is 8.42 Å². The van der Waals surface area contributed by atoms with E-state index in [1.54, 1.807) is 11.8 Å². The van der Waals surface area contributed by atoms with Crippen LogP contribution in [0.4, 0.5) is 0 Å². The number of hydrogen-bond donors (Lipinski definition) is 0. The summed E-state index contributed by atoms with van der Waals surface area (Å²) in [6, 6.07) is 4.29. The molecule has 10 heteroatoms. The van der Waals surface area contributed by atoms with Crippen molar-refractivity contribution in [3.05, 3.63) is 23.2 Å². The van der Waals surface area contributed by atoms with E-state index in [1.807, 2.05) is 0 Å². The van der Waals surface area contributed by atoms with Crippen molar-refractivity contribution in [3.8, 4) is 5.75 Å². The number of rotatable bonds is 7. The van der Waals surface area contributed by atoms with E-state index in [1.165, 1.54) is 22.5 Å². The Morgan fingerprint density at radius 1 is 1.13 bits per heavy atom. The zero-order valence-electron chi connectivity index (χ0n) is 17.0. The maximum Gasteiger partial charge on any atom is 0.309 e. The molecule has 0 radical (unpaired) electrons. The van der Waals surface area contributed by atoms with E-state index in [2.05, 4.69) is 0 Å². The maximum absolute atomic E-state index is 12.6. The quantitative estimate of drug-likeness (QED) is 0.582. The number of likely N-dealkylation sites (tertiary alicyclic amines) is 1. The van der Waals surface area contributed by atoms with Gasteiger partial charge in [-0.1, -0.05) is 11.6 Å². The molecule has 1 aromatic rings. The van der Waals surface area contributed by atoms with Gasteiger partial charge in [-0.05, 0) is 50.8 Å². The minimum Gasteiger partial charge on any atom is -0.482 e. The third kappa shape index (κ3) is 5.25. The lowest BCUT2D eigenvalue weighted by Gasteiger charge is -2.30. The van der Waals surface area contributed by atoms with Gasteiger partial charge < -0.3 is 14.4 Å². The summed E-state index contributed by atoms with van der Waals surface area (Å²) in [6.45, 7) is 3.87. The van der Waals surface area contributed by atoms with Crippen molar-refractivity contribution in [1.29, 1.82) is 0 Å². The largest absolute Gasteiger partial charge is 0.482 e. The first-order valence-electron chi connectivity index (χ1n) is 10.2. The Hall–Kier alpha value is -1.84. The molecule has 1 aromatic carbocycles. The molecular weight excluding hydrogens is 432 g/mol. The van der Waals surface area contributed by atoms with E-state index in [4.69, 9.17) is 21.1 Å². The van der Waals surface area contributed by atoms with Gasteiger partial charge >= 0.3 is 5.97 Å². The Bertz CT molecular complexity index is 877. The first kappa shape index (κ1) is 22.8. The van der Waals surface area contributed by atoms with E-state index in [0.717, 1.165) is 12.8 Å². The molecule has 2 saturated heterocycles. The van der Waals surface area contributed by atoms with Crippen LogP contribution < -0.4 is 4.74 Å². The molecule has 0 atom stereocenters. The molecule has 0 aromatic heterocycles. The number of esters is 1. The summed E-state index contributed by atoms with van der Waals surface area (Å²) < 4.78 is 37.3. The SMILES string of the molecule is CCOC(=O)C1CCN(C(=O)COc2ccc(S(=O)(=O)N3CCCC3)cc2Cl)CC1. The first-order chi connectivity index (χ1) is 14.3. The van der Waals surface area contributed by atoms with E-state index >= 15 is 0 Å². The smallest absolute Gasteiger partial charge is 0.309 e. The third-order valence-electron chi connectivity index (χ3n) is 5.42. The normalized spacial score (nSPS) is 18.4. The van der Waals surface area contributed by atoms with Crippen molar-refractivity contribution >= 4 is 33.5 Å². The highest BCUT2D eigenvalue weighted by atomic mass is 35.5. The van der Waals surface area contributed by atoms with E-state index in [0.29, 0.717) is 45.6 Å². The molecule has 0 spiro atoms. The van der Waals surface area contributed by atoms with Crippen molar-refractivity contribution < 1.29 is 27.5 Å². The minimum absolute atomic E-state index is 0.120. The Morgan fingerprint density at radius 2 is 1.80 bits per heavy atom. The van der Waals surface area contributed by atoms with E-state index in [9.17, 15) is 18.0 Å². The summed E-state index contributed by atoms with van der Waals surface area (Å²) in [5, 5.41) is 0.143. The molecule has 2 aliphatic heterocycles.